The van der Waals surface area contributed by atoms with E-state index in [9.17, 15) is 13.2 Å². The third kappa shape index (κ3) is 4.90. The third-order valence-corrected chi connectivity index (χ3v) is 7.41. The SMILES string of the molecule is C=CCN(Cc1ccc(C#N)cc1)C(=O)c1cc(S(=O)(=O)N2CCSCC2)c[nH]1. The molecule has 1 N–H and O–H groups in total. The van der Waals surface area contributed by atoms with Crippen LogP contribution in [-0.2, 0) is 16.6 Å². The van der Waals surface area contributed by atoms with Crippen LogP contribution in [0.15, 0.2) is 54.1 Å². The smallest absolute Gasteiger partial charge is 0.270 e. The number of rotatable bonds is 7. The monoisotopic (exact) mass is 430 g/mol. The van der Waals surface area contributed by atoms with Gasteiger partial charge in [0.2, 0.25) is 10.0 Å². The van der Waals surface area contributed by atoms with Gasteiger partial charge in [-0.05, 0) is 23.8 Å². The number of nitrogens with one attached hydrogen (secondary N) is 1. The molecule has 2 heterocycles. The number of hydrogen-bond donors (Lipinski definition) is 1. The molecular weight excluding hydrogens is 408 g/mol. The van der Waals surface area contributed by atoms with Crippen molar-refractivity contribution < 1.29 is 13.2 Å². The molecule has 0 bridgehead atoms. The van der Waals surface area contributed by atoms with Crippen molar-refractivity contribution in [3.63, 3.8) is 0 Å². The summed E-state index contributed by atoms with van der Waals surface area (Å²) in [7, 11) is -3.61. The minimum atomic E-state index is -3.61. The molecule has 1 saturated heterocycles. The molecule has 1 fully saturated rings. The molecule has 0 saturated carbocycles. The molecule has 1 aliphatic rings. The van der Waals surface area contributed by atoms with Gasteiger partial charge in [0.05, 0.1) is 11.6 Å². The molecule has 1 aliphatic heterocycles. The number of carbonyl (C=O) groups is 1. The number of benzene rings is 1. The van der Waals surface area contributed by atoms with Gasteiger partial charge in [-0.2, -0.15) is 21.3 Å². The summed E-state index contributed by atoms with van der Waals surface area (Å²) in [6.45, 7) is 5.28. The molecule has 0 unspecified atom stereocenters. The van der Waals surface area contributed by atoms with Crippen molar-refractivity contribution in [3.05, 3.63) is 66.0 Å². The molecule has 7 nitrogen and oxygen atoms in total. The van der Waals surface area contributed by atoms with Crippen LogP contribution < -0.4 is 0 Å². The summed E-state index contributed by atoms with van der Waals surface area (Å²) in [4.78, 5) is 17.4. The average Bonchev–Trinajstić information content (AvgIpc) is 3.25. The predicted octanol–water partition coefficient (Wildman–Crippen LogP) is 2.45. The molecule has 0 radical (unpaired) electrons. The molecule has 0 spiro atoms. The van der Waals surface area contributed by atoms with E-state index in [2.05, 4.69) is 17.6 Å². The Balaban J connectivity index is 1.78. The van der Waals surface area contributed by atoms with Crippen molar-refractivity contribution in [2.24, 2.45) is 0 Å². The van der Waals surface area contributed by atoms with Crippen molar-refractivity contribution >= 4 is 27.7 Å². The first-order valence-corrected chi connectivity index (χ1v) is 11.7. The lowest BCUT2D eigenvalue weighted by Gasteiger charge is -2.25. The lowest BCUT2D eigenvalue weighted by Crippen LogP contribution is -2.37. The zero-order valence-corrected chi connectivity index (χ0v) is 17.5. The van der Waals surface area contributed by atoms with Gasteiger partial charge in [0.15, 0.2) is 0 Å². The van der Waals surface area contributed by atoms with Crippen LogP contribution in [0.1, 0.15) is 21.6 Å². The largest absolute Gasteiger partial charge is 0.356 e. The maximum atomic E-state index is 13.0. The molecule has 152 valence electrons. The van der Waals surface area contributed by atoms with E-state index >= 15 is 0 Å². The Labute approximate surface area is 175 Å². The Morgan fingerprint density at radius 2 is 2.00 bits per heavy atom. The maximum Gasteiger partial charge on any atom is 0.270 e. The zero-order valence-electron chi connectivity index (χ0n) is 15.9. The normalized spacial score (nSPS) is 14.9. The Kier molecular flexibility index (Phi) is 6.79. The number of nitriles is 1. The first-order chi connectivity index (χ1) is 14.0. The van der Waals surface area contributed by atoms with E-state index in [0.717, 1.165) is 17.1 Å². The number of carbonyl (C=O) groups excluding carboxylic acids is 1. The van der Waals surface area contributed by atoms with Gasteiger partial charge in [-0.15, -0.1) is 6.58 Å². The van der Waals surface area contributed by atoms with Crippen LogP contribution in [0.5, 0.6) is 0 Å². The second-order valence-corrected chi connectivity index (χ2v) is 9.71. The lowest BCUT2D eigenvalue weighted by molar-refractivity contribution is 0.0757. The maximum absolute atomic E-state index is 13.0. The molecule has 0 atom stereocenters. The highest BCUT2D eigenvalue weighted by Gasteiger charge is 2.28. The van der Waals surface area contributed by atoms with Gasteiger partial charge < -0.3 is 9.88 Å². The van der Waals surface area contributed by atoms with Crippen LogP contribution in [-0.4, -0.2) is 59.7 Å². The molecule has 1 aromatic carbocycles. The van der Waals surface area contributed by atoms with Crippen LogP contribution in [0.4, 0.5) is 0 Å². The second kappa shape index (κ2) is 9.31. The fraction of sp³-hybridized carbons (Fsp3) is 0.300. The van der Waals surface area contributed by atoms with Gasteiger partial charge >= 0.3 is 0 Å². The summed E-state index contributed by atoms with van der Waals surface area (Å²) >= 11 is 1.73. The minimum absolute atomic E-state index is 0.102. The summed E-state index contributed by atoms with van der Waals surface area (Å²) < 4.78 is 27.1. The Hall–Kier alpha value is -2.54. The fourth-order valence-electron chi connectivity index (χ4n) is 3.03. The summed E-state index contributed by atoms with van der Waals surface area (Å²) in [5, 5.41) is 8.91. The number of nitrogens with zero attached hydrogens (tertiary/aromatic N) is 3. The second-order valence-electron chi connectivity index (χ2n) is 6.55. The Morgan fingerprint density at radius 1 is 1.31 bits per heavy atom. The van der Waals surface area contributed by atoms with Crippen LogP contribution >= 0.6 is 11.8 Å². The van der Waals surface area contributed by atoms with E-state index < -0.39 is 10.0 Å². The van der Waals surface area contributed by atoms with E-state index in [1.54, 1.807) is 47.0 Å². The van der Waals surface area contributed by atoms with Gasteiger partial charge in [0.25, 0.3) is 5.91 Å². The number of H-pyrrole nitrogens is 1. The standard InChI is InChI=1S/C20H22N4O3S2/c1-2-7-23(15-17-5-3-16(13-21)4-6-17)20(25)19-12-18(14-22-19)29(26,27)24-8-10-28-11-9-24/h2-6,12,14,22H,1,7-11,15H2. The highest BCUT2D eigenvalue weighted by atomic mass is 32.2. The first-order valence-electron chi connectivity index (χ1n) is 9.11. The van der Waals surface area contributed by atoms with E-state index in [4.69, 9.17) is 5.26 Å². The molecule has 1 amide bonds. The summed E-state index contributed by atoms with van der Waals surface area (Å²) in [5.41, 5.74) is 1.63. The van der Waals surface area contributed by atoms with Gasteiger partial charge in [0.1, 0.15) is 10.6 Å². The molecule has 2 aromatic rings. The van der Waals surface area contributed by atoms with Crippen LogP contribution in [0.2, 0.25) is 0 Å². The Bertz CT molecular complexity index is 1020. The number of sulfonamides is 1. The summed E-state index contributed by atoms with van der Waals surface area (Å²) in [6.07, 6.45) is 2.99. The highest BCUT2D eigenvalue weighted by molar-refractivity contribution is 7.99. The predicted molar refractivity (Wildman–Crippen MR) is 113 cm³/mol. The van der Waals surface area contributed by atoms with E-state index in [-0.39, 0.29) is 16.5 Å². The van der Waals surface area contributed by atoms with E-state index in [1.165, 1.54) is 16.6 Å². The molecular formula is C20H22N4O3S2. The van der Waals surface area contributed by atoms with Crippen molar-refractivity contribution in [1.29, 1.82) is 5.26 Å². The van der Waals surface area contributed by atoms with E-state index in [1.807, 2.05) is 0 Å². The van der Waals surface area contributed by atoms with Crippen molar-refractivity contribution in [2.45, 2.75) is 11.4 Å². The highest BCUT2D eigenvalue weighted by Crippen LogP contribution is 2.21. The van der Waals surface area contributed by atoms with Crippen molar-refractivity contribution in [2.75, 3.05) is 31.1 Å². The molecule has 1 aromatic heterocycles. The Morgan fingerprint density at radius 3 is 2.62 bits per heavy atom. The van der Waals surface area contributed by atoms with Gasteiger partial charge in [-0.3, -0.25) is 4.79 Å². The topological polar surface area (TPSA) is 97.3 Å². The van der Waals surface area contributed by atoms with Gasteiger partial charge in [-0.25, -0.2) is 8.42 Å². The number of hydrogen-bond acceptors (Lipinski definition) is 5. The molecule has 3 rings (SSSR count). The molecule has 9 heteroatoms. The first kappa shape index (κ1) is 21.2. The summed E-state index contributed by atoms with van der Waals surface area (Å²) in [5.74, 6) is 1.23. The number of thioether (sulfide) groups is 1. The third-order valence-electron chi connectivity index (χ3n) is 4.59. The van der Waals surface area contributed by atoms with Crippen molar-refractivity contribution in [1.82, 2.24) is 14.2 Å². The minimum Gasteiger partial charge on any atom is -0.356 e. The average molecular weight is 431 g/mol. The quantitative estimate of drug-likeness (QED) is 0.681. The number of aromatic amines is 1. The van der Waals surface area contributed by atoms with Crippen LogP contribution in [0.25, 0.3) is 0 Å². The van der Waals surface area contributed by atoms with Crippen molar-refractivity contribution in [3.8, 4) is 6.07 Å². The molecule has 29 heavy (non-hydrogen) atoms. The molecule has 0 aliphatic carbocycles. The summed E-state index contributed by atoms with van der Waals surface area (Å²) in [6, 6.07) is 10.4. The van der Waals surface area contributed by atoms with E-state index in [0.29, 0.717) is 31.7 Å². The zero-order chi connectivity index (χ0) is 20.9. The lowest BCUT2D eigenvalue weighted by atomic mass is 10.1. The van der Waals surface area contributed by atoms with Gasteiger partial charge in [0, 0.05) is 43.9 Å². The fourth-order valence-corrected chi connectivity index (χ4v) is 5.60. The van der Waals surface area contributed by atoms with Crippen LogP contribution in [0.3, 0.4) is 0 Å². The van der Waals surface area contributed by atoms with Gasteiger partial charge in [-0.1, -0.05) is 18.2 Å². The number of aromatic nitrogens is 1. The number of amides is 1. The van der Waals surface area contributed by atoms with Crippen LogP contribution in [0, 0.1) is 11.3 Å².